The number of halogens is 1. The van der Waals surface area contributed by atoms with Crippen molar-refractivity contribution in [1.82, 2.24) is 5.32 Å². The first-order chi connectivity index (χ1) is 7.15. The maximum atomic E-state index is 11.2. The molecule has 0 saturated heterocycles. The lowest BCUT2D eigenvalue weighted by Gasteiger charge is -2.10. The molecule has 1 amide bonds. The molecule has 4 heteroatoms. The highest BCUT2D eigenvalue weighted by Gasteiger charge is 2.04. The highest BCUT2D eigenvalue weighted by molar-refractivity contribution is 6.33. The number of hydrogen-bond acceptors (Lipinski definition) is 2. The van der Waals surface area contributed by atoms with Crippen LogP contribution in [0.15, 0.2) is 18.2 Å². The van der Waals surface area contributed by atoms with Gasteiger partial charge in [0, 0.05) is 6.54 Å². The zero-order chi connectivity index (χ0) is 11.3. The monoisotopic (exact) mass is 226 g/mol. The van der Waals surface area contributed by atoms with Crippen LogP contribution in [0.2, 0.25) is 5.02 Å². The maximum absolute atomic E-state index is 11.2. The van der Waals surface area contributed by atoms with Crippen LogP contribution in [0.25, 0.3) is 0 Å². The van der Waals surface area contributed by atoms with Gasteiger partial charge >= 0.3 is 0 Å². The summed E-state index contributed by atoms with van der Waals surface area (Å²) in [7, 11) is 0. The number of rotatable bonds is 4. The molecule has 0 spiro atoms. The summed E-state index contributed by atoms with van der Waals surface area (Å²) >= 11 is 6.00. The van der Waals surface area contributed by atoms with Crippen molar-refractivity contribution in [2.75, 3.05) is 18.4 Å². The fourth-order valence-electron chi connectivity index (χ4n) is 1.28. The van der Waals surface area contributed by atoms with E-state index in [1.165, 1.54) is 0 Å². The van der Waals surface area contributed by atoms with Crippen molar-refractivity contribution >= 4 is 23.2 Å². The molecule has 0 atom stereocenters. The third-order valence-corrected chi connectivity index (χ3v) is 2.34. The van der Waals surface area contributed by atoms with E-state index in [4.69, 9.17) is 11.6 Å². The number of para-hydroxylation sites is 1. The number of carbonyl (C=O) groups is 1. The van der Waals surface area contributed by atoms with Crippen LogP contribution in [0.4, 0.5) is 5.69 Å². The lowest BCUT2D eigenvalue weighted by Crippen LogP contribution is -2.29. The molecule has 3 nitrogen and oxygen atoms in total. The summed E-state index contributed by atoms with van der Waals surface area (Å²) in [4.78, 5) is 11.2. The van der Waals surface area contributed by atoms with Crippen LogP contribution in [-0.2, 0) is 4.79 Å². The molecule has 0 radical (unpaired) electrons. The molecule has 0 aromatic heterocycles. The minimum Gasteiger partial charge on any atom is -0.375 e. The summed E-state index contributed by atoms with van der Waals surface area (Å²) < 4.78 is 0. The van der Waals surface area contributed by atoms with E-state index < -0.39 is 0 Å². The molecule has 0 aliphatic rings. The predicted octanol–water partition coefficient (Wildman–Crippen LogP) is 2.20. The number of amides is 1. The Balaban J connectivity index is 2.61. The molecule has 15 heavy (non-hydrogen) atoms. The molecule has 0 fully saturated rings. The Bertz CT molecular complexity index is 332. The van der Waals surface area contributed by atoms with Gasteiger partial charge in [0.05, 0.1) is 17.3 Å². The van der Waals surface area contributed by atoms with Gasteiger partial charge in [-0.2, -0.15) is 0 Å². The number of nitrogens with one attached hydrogen (secondary N) is 2. The van der Waals surface area contributed by atoms with Crippen LogP contribution < -0.4 is 10.6 Å². The summed E-state index contributed by atoms with van der Waals surface area (Å²) in [5, 5.41) is 6.37. The first-order valence-electron chi connectivity index (χ1n) is 4.90. The van der Waals surface area contributed by atoms with Crippen LogP contribution >= 0.6 is 11.6 Å². The van der Waals surface area contributed by atoms with Gasteiger partial charge in [-0.1, -0.05) is 23.7 Å². The van der Waals surface area contributed by atoms with E-state index in [1.807, 2.05) is 26.0 Å². The molecule has 0 bridgehead atoms. The average Bonchev–Trinajstić information content (AvgIpc) is 2.17. The zero-order valence-corrected chi connectivity index (χ0v) is 9.69. The topological polar surface area (TPSA) is 41.1 Å². The summed E-state index contributed by atoms with van der Waals surface area (Å²) in [5.41, 5.74) is 1.86. The fourth-order valence-corrected chi connectivity index (χ4v) is 1.57. The normalized spacial score (nSPS) is 9.80. The number of benzene rings is 1. The third-order valence-electron chi connectivity index (χ3n) is 2.02. The minimum atomic E-state index is -0.0307. The van der Waals surface area contributed by atoms with Gasteiger partial charge in [0.15, 0.2) is 0 Å². The standard InChI is InChI=1S/C11H15ClN2O/c1-3-13-10(15)7-14-11-8(2)5-4-6-9(11)12/h4-6,14H,3,7H2,1-2H3,(H,13,15). The largest absolute Gasteiger partial charge is 0.375 e. The summed E-state index contributed by atoms with van der Waals surface area (Å²) in [6.07, 6.45) is 0. The smallest absolute Gasteiger partial charge is 0.239 e. The number of likely N-dealkylation sites (N-methyl/N-ethyl adjacent to an activating group) is 1. The van der Waals surface area contributed by atoms with Gasteiger partial charge < -0.3 is 10.6 Å². The first-order valence-corrected chi connectivity index (χ1v) is 5.28. The molecule has 2 N–H and O–H groups in total. The quantitative estimate of drug-likeness (QED) is 0.827. The fraction of sp³-hybridized carbons (Fsp3) is 0.364. The van der Waals surface area contributed by atoms with Crippen LogP contribution in [0.1, 0.15) is 12.5 Å². The summed E-state index contributed by atoms with van der Waals surface area (Å²) in [6.45, 7) is 4.73. The lowest BCUT2D eigenvalue weighted by molar-refractivity contribution is -0.119. The molecule has 0 aliphatic carbocycles. The second kappa shape index (κ2) is 5.61. The van der Waals surface area contributed by atoms with E-state index in [2.05, 4.69) is 10.6 Å². The third kappa shape index (κ3) is 3.44. The van der Waals surface area contributed by atoms with E-state index in [0.717, 1.165) is 11.3 Å². The highest BCUT2D eigenvalue weighted by atomic mass is 35.5. The minimum absolute atomic E-state index is 0.0307. The van der Waals surface area contributed by atoms with E-state index >= 15 is 0 Å². The van der Waals surface area contributed by atoms with Gasteiger partial charge in [-0.3, -0.25) is 4.79 Å². The van der Waals surface area contributed by atoms with Crippen molar-refractivity contribution in [1.29, 1.82) is 0 Å². The van der Waals surface area contributed by atoms with Crippen LogP contribution in [0.5, 0.6) is 0 Å². The number of anilines is 1. The molecule has 1 aromatic rings. The van der Waals surface area contributed by atoms with Crippen molar-refractivity contribution in [2.45, 2.75) is 13.8 Å². The predicted molar refractivity (Wildman–Crippen MR) is 63.4 cm³/mol. The summed E-state index contributed by atoms with van der Waals surface area (Å²) in [6, 6.07) is 5.63. The SMILES string of the molecule is CCNC(=O)CNc1c(C)cccc1Cl. The average molecular weight is 227 g/mol. The van der Waals surface area contributed by atoms with E-state index in [9.17, 15) is 4.79 Å². The van der Waals surface area contributed by atoms with Crippen molar-refractivity contribution in [2.24, 2.45) is 0 Å². The van der Waals surface area contributed by atoms with Gasteiger partial charge in [0.25, 0.3) is 0 Å². The van der Waals surface area contributed by atoms with Crippen molar-refractivity contribution < 1.29 is 4.79 Å². The van der Waals surface area contributed by atoms with Crippen LogP contribution in [0.3, 0.4) is 0 Å². The Morgan fingerprint density at radius 3 is 2.80 bits per heavy atom. The summed E-state index contributed by atoms with van der Waals surface area (Å²) in [5.74, 6) is -0.0307. The van der Waals surface area contributed by atoms with Crippen LogP contribution in [-0.4, -0.2) is 19.0 Å². The van der Waals surface area contributed by atoms with Crippen molar-refractivity contribution in [3.05, 3.63) is 28.8 Å². The van der Waals surface area contributed by atoms with Gasteiger partial charge in [0.1, 0.15) is 0 Å². The Kier molecular flexibility index (Phi) is 4.43. The Labute approximate surface area is 94.8 Å². The lowest BCUT2D eigenvalue weighted by atomic mass is 10.2. The second-order valence-corrected chi connectivity index (χ2v) is 3.65. The Hall–Kier alpha value is -1.22. The molecule has 0 saturated carbocycles. The number of aryl methyl sites for hydroxylation is 1. The van der Waals surface area contributed by atoms with Gasteiger partial charge in [-0.05, 0) is 25.5 Å². The highest BCUT2D eigenvalue weighted by Crippen LogP contribution is 2.24. The van der Waals surface area contributed by atoms with Gasteiger partial charge in [0.2, 0.25) is 5.91 Å². The molecule has 0 aliphatic heterocycles. The Morgan fingerprint density at radius 2 is 2.20 bits per heavy atom. The zero-order valence-electron chi connectivity index (χ0n) is 8.93. The van der Waals surface area contributed by atoms with Crippen molar-refractivity contribution in [3.8, 4) is 0 Å². The Morgan fingerprint density at radius 1 is 1.47 bits per heavy atom. The molecule has 82 valence electrons. The van der Waals surface area contributed by atoms with E-state index in [1.54, 1.807) is 6.07 Å². The molecule has 1 rings (SSSR count). The van der Waals surface area contributed by atoms with Gasteiger partial charge in [-0.15, -0.1) is 0 Å². The van der Waals surface area contributed by atoms with E-state index in [0.29, 0.717) is 11.6 Å². The van der Waals surface area contributed by atoms with E-state index in [-0.39, 0.29) is 12.5 Å². The second-order valence-electron chi connectivity index (χ2n) is 3.24. The molecule has 0 heterocycles. The maximum Gasteiger partial charge on any atom is 0.239 e. The van der Waals surface area contributed by atoms with Crippen molar-refractivity contribution in [3.63, 3.8) is 0 Å². The van der Waals surface area contributed by atoms with Crippen LogP contribution in [0, 0.1) is 6.92 Å². The molecule has 0 unspecified atom stereocenters. The number of hydrogen-bond donors (Lipinski definition) is 2. The molecule has 1 aromatic carbocycles. The molecular weight excluding hydrogens is 212 g/mol. The van der Waals surface area contributed by atoms with Gasteiger partial charge in [-0.25, -0.2) is 0 Å². The number of carbonyl (C=O) groups excluding carboxylic acids is 1. The molecular formula is C11H15ClN2O. The first kappa shape index (κ1) is 11.9.